The van der Waals surface area contributed by atoms with Crippen LogP contribution in [0.15, 0.2) is 59.2 Å². The highest BCUT2D eigenvalue weighted by Crippen LogP contribution is 2.26. The zero-order valence-corrected chi connectivity index (χ0v) is 16.7. The number of hydrogen-bond donors (Lipinski definition) is 1. The molecule has 1 N–H and O–H groups in total. The molecule has 3 rings (SSSR count). The monoisotopic (exact) mass is 451 g/mol. The summed E-state index contributed by atoms with van der Waals surface area (Å²) in [6, 6.07) is 13.1. The topological polar surface area (TPSA) is 56.1 Å². The Morgan fingerprint density at radius 3 is 2.74 bits per heavy atom. The lowest BCUT2D eigenvalue weighted by atomic mass is 10.2. The van der Waals surface area contributed by atoms with Crippen LogP contribution < -0.4 is 10.1 Å². The van der Waals surface area contributed by atoms with E-state index in [4.69, 9.17) is 16.3 Å². The van der Waals surface area contributed by atoms with E-state index in [-0.39, 0.29) is 5.91 Å². The highest BCUT2D eigenvalue weighted by Gasteiger charge is 2.18. The second kappa shape index (κ2) is 8.54. The van der Waals surface area contributed by atoms with E-state index in [1.807, 2.05) is 12.1 Å². The number of nitrogens with one attached hydrogen (secondary N) is 1. The predicted octanol–water partition coefficient (Wildman–Crippen LogP) is 4.89. The normalized spacial score (nSPS) is 11.9. The van der Waals surface area contributed by atoms with Gasteiger partial charge >= 0.3 is 0 Å². The molecule has 0 bridgehead atoms. The molecule has 1 aromatic heterocycles. The molecule has 140 valence electrons. The number of halogens is 3. The van der Waals surface area contributed by atoms with E-state index in [1.54, 1.807) is 36.0 Å². The van der Waals surface area contributed by atoms with Crippen molar-refractivity contribution in [2.75, 3.05) is 5.32 Å². The Balaban J connectivity index is 1.65. The standard InChI is InChI=1S/C19H16BrClFN3O2/c1-12(27-17-7-6-15(22)10-16(17)20)19(26)24-18-8-9-23-25(18)11-13-2-4-14(21)5-3-13/h2-10,12H,11H2,1H3,(H,24,26). The third kappa shape index (κ3) is 5.08. The number of rotatable bonds is 6. The van der Waals surface area contributed by atoms with Gasteiger partial charge in [-0.15, -0.1) is 0 Å². The predicted molar refractivity (Wildman–Crippen MR) is 106 cm³/mol. The number of nitrogens with zero attached hydrogens (tertiary/aromatic N) is 2. The molecular formula is C19H16BrClFN3O2. The van der Waals surface area contributed by atoms with Crippen LogP contribution in [0.5, 0.6) is 5.75 Å². The van der Waals surface area contributed by atoms with E-state index in [0.717, 1.165) is 5.56 Å². The molecule has 1 heterocycles. The van der Waals surface area contributed by atoms with Crippen LogP contribution in [0.25, 0.3) is 0 Å². The number of ether oxygens (including phenoxy) is 1. The van der Waals surface area contributed by atoms with Crippen LogP contribution in [0.4, 0.5) is 10.2 Å². The SMILES string of the molecule is CC(Oc1ccc(F)cc1Br)C(=O)Nc1ccnn1Cc1ccc(Cl)cc1. The number of hydrogen-bond acceptors (Lipinski definition) is 3. The van der Waals surface area contributed by atoms with Gasteiger partial charge in [0.25, 0.3) is 5.91 Å². The molecule has 2 aromatic carbocycles. The van der Waals surface area contributed by atoms with Crippen molar-refractivity contribution in [3.05, 3.63) is 75.6 Å². The average Bonchev–Trinajstić information content (AvgIpc) is 3.06. The van der Waals surface area contributed by atoms with Crippen molar-refractivity contribution in [2.45, 2.75) is 19.6 Å². The Kier molecular flexibility index (Phi) is 6.13. The highest BCUT2D eigenvalue weighted by atomic mass is 79.9. The Labute approximate surface area is 169 Å². The maximum absolute atomic E-state index is 13.2. The van der Waals surface area contributed by atoms with Crippen molar-refractivity contribution in [2.24, 2.45) is 0 Å². The Morgan fingerprint density at radius 2 is 2.04 bits per heavy atom. The maximum Gasteiger partial charge on any atom is 0.266 e. The van der Waals surface area contributed by atoms with Crippen LogP contribution in [-0.4, -0.2) is 21.8 Å². The summed E-state index contributed by atoms with van der Waals surface area (Å²) in [6.07, 6.45) is 0.818. The second-order valence-corrected chi connectivity index (χ2v) is 7.12. The Bertz CT molecular complexity index is 946. The molecular weight excluding hydrogens is 437 g/mol. The number of carbonyl (C=O) groups excluding carboxylic acids is 1. The van der Waals surface area contributed by atoms with Crippen molar-refractivity contribution in [1.29, 1.82) is 0 Å². The molecule has 0 spiro atoms. The van der Waals surface area contributed by atoms with E-state index in [2.05, 4.69) is 26.3 Å². The minimum atomic E-state index is -0.786. The first-order valence-electron chi connectivity index (χ1n) is 8.11. The van der Waals surface area contributed by atoms with Crippen molar-refractivity contribution < 1.29 is 13.9 Å². The van der Waals surface area contributed by atoms with Gasteiger partial charge in [-0.25, -0.2) is 9.07 Å². The van der Waals surface area contributed by atoms with Crippen LogP contribution in [-0.2, 0) is 11.3 Å². The first-order valence-corrected chi connectivity index (χ1v) is 9.28. The summed E-state index contributed by atoms with van der Waals surface area (Å²) in [7, 11) is 0. The number of carbonyl (C=O) groups is 1. The summed E-state index contributed by atoms with van der Waals surface area (Å²) in [6.45, 7) is 2.10. The zero-order chi connectivity index (χ0) is 19.4. The van der Waals surface area contributed by atoms with Gasteiger partial charge in [-0.1, -0.05) is 23.7 Å². The fourth-order valence-electron chi connectivity index (χ4n) is 2.37. The van der Waals surface area contributed by atoms with Gasteiger partial charge < -0.3 is 10.1 Å². The third-order valence-electron chi connectivity index (χ3n) is 3.78. The minimum absolute atomic E-state index is 0.343. The average molecular weight is 453 g/mol. The molecule has 0 saturated heterocycles. The Morgan fingerprint density at radius 1 is 1.30 bits per heavy atom. The number of aromatic nitrogens is 2. The fraction of sp³-hybridized carbons (Fsp3) is 0.158. The van der Waals surface area contributed by atoms with E-state index >= 15 is 0 Å². The molecule has 0 fully saturated rings. The molecule has 1 unspecified atom stereocenters. The van der Waals surface area contributed by atoms with Gasteiger partial charge in [-0.05, 0) is 58.7 Å². The number of benzene rings is 2. The van der Waals surface area contributed by atoms with E-state index in [0.29, 0.717) is 27.6 Å². The zero-order valence-electron chi connectivity index (χ0n) is 14.3. The highest BCUT2D eigenvalue weighted by molar-refractivity contribution is 9.10. The number of amides is 1. The van der Waals surface area contributed by atoms with Gasteiger partial charge in [0.2, 0.25) is 0 Å². The van der Waals surface area contributed by atoms with Gasteiger partial charge in [0.05, 0.1) is 17.2 Å². The molecule has 8 heteroatoms. The maximum atomic E-state index is 13.2. The lowest BCUT2D eigenvalue weighted by molar-refractivity contribution is -0.122. The van der Waals surface area contributed by atoms with Gasteiger partial charge in [-0.3, -0.25) is 4.79 Å². The van der Waals surface area contributed by atoms with Gasteiger partial charge in [0.15, 0.2) is 6.10 Å². The van der Waals surface area contributed by atoms with E-state index < -0.39 is 11.9 Å². The molecule has 0 radical (unpaired) electrons. The van der Waals surface area contributed by atoms with E-state index in [9.17, 15) is 9.18 Å². The molecule has 1 amide bonds. The van der Waals surface area contributed by atoms with E-state index in [1.165, 1.54) is 18.2 Å². The fourth-order valence-corrected chi connectivity index (χ4v) is 2.94. The third-order valence-corrected chi connectivity index (χ3v) is 4.65. The smallest absolute Gasteiger partial charge is 0.266 e. The second-order valence-electron chi connectivity index (χ2n) is 5.82. The summed E-state index contributed by atoms with van der Waals surface area (Å²) >= 11 is 9.12. The number of anilines is 1. The molecule has 0 aliphatic carbocycles. The van der Waals surface area contributed by atoms with Crippen molar-refractivity contribution >= 4 is 39.3 Å². The van der Waals surface area contributed by atoms with Crippen LogP contribution in [0, 0.1) is 5.82 Å². The van der Waals surface area contributed by atoms with Gasteiger partial charge in [-0.2, -0.15) is 5.10 Å². The summed E-state index contributed by atoms with van der Waals surface area (Å²) < 4.78 is 20.9. The van der Waals surface area contributed by atoms with Gasteiger partial charge in [0, 0.05) is 11.1 Å². The molecule has 1 atom stereocenters. The molecule has 0 aliphatic rings. The molecule has 0 aliphatic heterocycles. The molecule has 27 heavy (non-hydrogen) atoms. The van der Waals surface area contributed by atoms with Crippen LogP contribution in [0.3, 0.4) is 0 Å². The first kappa shape index (κ1) is 19.4. The summed E-state index contributed by atoms with van der Waals surface area (Å²) in [5.41, 5.74) is 0.998. The first-order chi connectivity index (χ1) is 12.9. The van der Waals surface area contributed by atoms with Crippen LogP contribution in [0.2, 0.25) is 5.02 Å². The quantitative estimate of drug-likeness (QED) is 0.579. The molecule has 0 saturated carbocycles. The Hall–Kier alpha value is -2.38. The summed E-state index contributed by atoms with van der Waals surface area (Å²) in [5, 5.41) is 7.69. The van der Waals surface area contributed by atoms with Crippen molar-refractivity contribution in [1.82, 2.24) is 9.78 Å². The molecule has 3 aromatic rings. The lowest BCUT2D eigenvalue weighted by Gasteiger charge is -2.16. The summed E-state index contributed by atoms with van der Waals surface area (Å²) in [4.78, 5) is 12.5. The largest absolute Gasteiger partial charge is 0.480 e. The van der Waals surface area contributed by atoms with Crippen molar-refractivity contribution in [3.8, 4) is 5.75 Å². The van der Waals surface area contributed by atoms with Crippen molar-refractivity contribution in [3.63, 3.8) is 0 Å². The minimum Gasteiger partial charge on any atom is -0.480 e. The lowest BCUT2D eigenvalue weighted by Crippen LogP contribution is -2.31. The molecule has 5 nitrogen and oxygen atoms in total. The van der Waals surface area contributed by atoms with Crippen LogP contribution >= 0.6 is 27.5 Å². The van der Waals surface area contributed by atoms with Crippen LogP contribution in [0.1, 0.15) is 12.5 Å². The summed E-state index contributed by atoms with van der Waals surface area (Å²) in [5.74, 6) is 0.193. The van der Waals surface area contributed by atoms with Gasteiger partial charge in [0.1, 0.15) is 17.4 Å².